The zero-order chi connectivity index (χ0) is 20.2. The molecule has 5 nitrogen and oxygen atoms in total. The van der Waals surface area contributed by atoms with Crippen molar-refractivity contribution in [2.24, 2.45) is 0 Å². The average molecular weight is 459 g/mol. The first kappa shape index (κ1) is 24.4. The molecule has 0 radical (unpaired) electrons. The molecule has 7 heteroatoms. The Morgan fingerprint density at radius 2 is 1.35 bits per heavy atom. The maximum atomic E-state index is 12.4. The lowest BCUT2D eigenvalue weighted by Gasteiger charge is -2.14. The molecule has 31 heavy (non-hydrogen) atoms. The molecule has 1 amide bonds. The number of rotatable bonds is 6. The van der Waals surface area contributed by atoms with E-state index in [1.54, 1.807) is 0 Å². The van der Waals surface area contributed by atoms with E-state index >= 15 is 0 Å². The van der Waals surface area contributed by atoms with Crippen molar-refractivity contribution in [1.29, 1.82) is 0 Å². The molecule has 3 N–H and O–H groups in total. The number of carbonyl (C=O) groups is 2. The lowest BCUT2D eigenvalue weighted by atomic mass is 9.98. The number of halogens is 2. The molecule has 0 bridgehead atoms. The second-order valence-corrected chi connectivity index (χ2v) is 7.16. The van der Waals surface area contributed by atoms with Gasteiger partial charge in [0, 0.05) is 12.3 Å². The van der Waals surface area contributed by atoms with Gasteiger partial charge in [-0.3, -0.25) is 0 Å². The Morgan fingerprint density at radius 3 is 1.90 bits per heavy atom. The molecular weight excluding hydrogens is 437 g/mol. The molecule has 0 saturated heterocycles. The second kappa shape index (κ2) is 11.0. The van der Waals surface area contributed by atoms with Crippen LogP contribution in [0.5, 0.6) is 0 Å². The Balaban J connectivity index is 0.00000171. The number of carbonyl (C=O) groups excluding carboxylic acids is 1. The Labute approximate surface area is 193 Å². The average Bonchev–Trinajstić information content (AvgIpc) is 3.06. The molecule has 1 aliphatic carbocycles. The van der Waals surface area contributed by atoms with Gasteiger partial charge < -0.3 is 34.7 Å². The highest BCUT2D eigenvalue weighted by atomic mass is 35.5. The van der Waals surface area contributed by atoms with Crippen molar-refractivity contribution in [3.63, 3.8) is 0 Å². The van der Waals surface area contributed by atoms with Crippen LogP contribution in [-0.4, -0.2) is 29.8 Å². The smallest absolute Gasteiger partial charge is 0.513 e. The van der Waals surface area contributed by atoms with Crippen molar-refractivity contribution in [2.45, 2.75) is 18.4 Å². The fourth-order valence-electron chi connectivity index (χ4n) is 3.90. The summed E-state index contributed by atoms with van der Waals surface area (Å²) in [6.07, 6.45) is -0.351. The number of amides is 1. The van der Waals surface area contributed by atoms with Gasteiger partial charge in [-0.15, -0.1) is 0 Å². The van der Waals surface area contributed by atoms with E-state index in [1.165, 1.54) is 5.32 Å². The number of hydrogen-bond donors (Lipinski definition) is 2. The van der Waals surface area contributed by atoms with Gasteiger partial charge in [0.25, 0.3) is 0 Å². The molecule has 0 saturated carbocycles. The predicted molar refractivity (Wildman–Crippen MR) is 109 cm³/mol. The maximum Gasteiger partial charge on any atom is 0.513 e. The number of carboxylic acids is 1. The van der Waals surface area contributed by atoms with Crippen molar-refractivity contribution in [1.82, 2.24) is 0 Å². The third-order valence-corrected chi connectivity index (χ3v) is 5.31. The summed E-state index contributed by atoms with van der Waals surface area (Å²) < 4.78 is 5.50. The van der Waals surface area contributed by atoms with E-state index in [2.05, 4.69) is 12.1 Å². The number of nitrogens with two attached hydrogens (primary N) is 1. The van der Waals surface area contributed by atoms with Crippen molar-refractivity contribution in [2.75, 3.05) is 6.61 Å². The van der Waals surface area contributed by atoms with Crippen molar-refractivity contribution in [3.05, 3.63) is 95.6 Å². The highest BCUT2D eigenvalue weighted by Gasteiger charge is 2.31. The van der Waals surface area contributed by atoms with Gasteiger partial charge in [0.2, 0.25) is 0 Å². The maximum absolute atomic E-state index is 12.4. The lowest BCUT2D eigenvalue weighted by Crippen LogP contribution is -3.00. The Bertz CT molecular complexity index is 997. The number of quaternary nitrogens is 1. The quantitative estimate of drug-likeness (QED) is 0.418. The summed E-state index contributed by atoms with van der Waals surface area (Å²) in [5.41, 5.74) is 5.42. The largest absolute Gasteiger partial charge is 1.00 e. The molecular formula is C24H22Cl2NO4-. The van der Waals surface area contributed by atoms with Crippen LogP contribution in [0, 0.1) is 0 Å². The van der Waals surface area contributed by atoms with Crippen LogP contribution >= 0.6 is 0 Å². The van der Waals surface area contributed by atoms with E-state index in [0.717, 1.165) is 27.8 Å². The van der Waals surface area contributed by atoms with Gasteiger partial charge in [0.05, 0.1) is 0 Å². The van der Waals surface area contributed by atoms with Gasteiger partial charge in [-0.1, -0.05) is 78.9 Å². The van der Waals surface area contributed by atoms with E-state index in [1.807, 2.05) is 66.7 Å². The molecule has 0 spiro atoms. The molecule has 0 heterocycles. The van der Waals surface area contributed by atoms with E-state index in [0.29, 0.717) is 0 Å². The minimum absolute atomic E-state index is 0. The fraction of sp³-hybridized carbons (Fsp3) is 0.167. The third-order valence-electron chi connectivity index (χ3n) is 5.31. The zero-order valence-corrected chi connectivity index (χ0v) is 18.1. The predicted octanol–water partition coefficient (Wildman–Crippen LogP) is -2.80. The van der Waals surface area contributed by atoms with Gasteiger partial charge in [0.1, 0.15) is 6.61 Å². The minimum Gasteiger partial charge on any atom is -1.00 e. The van der Waals surface area contributed by atoms with Gasteiger partial charge in [-0.05, 0) is 27.8 Å². The van der Waals surface area contributed by atoms with Gasteiger partial charge >= 0.3 is 12.1 Å². The number of ether oxygens (including phenoxy) is 1. The molecule has 0 fully saturated rings. The first-order valence-corrected chi connectivity index (χ1v) is 9.60. The number of benzene rings is 3. The summed E-state index contributed by atoms with van der Waals surface area (Å²) in [4.78, 5) is 24.0. The number of carboxylic acid groups (broad SMARTS) is 1. The molecule has 1 aliphatic rings. The van der Waals surface area contributed by atoms with E-state index in [-0.39, 0.29) is 43.8 Å². The number of primary amides is 1. The summed E-state index contributed by atoms with van der Waals surface area (Å²) in [5, 5.41) is 10.7. The molecule has 3 aromatic rings. The normalized spacial score (nSPS) is 12.5. The van der Waals surface area contributed by atoms with Crippen molar-refractivity contribution < 1.29 is 49.6 Å². The summed E-state index contributed by atoms with van der Waals surface area (Å²) in [7, 11) is 0. The molecule has 0 unspecified atom stereocenters. The number of hydrogen-bond acceptors (Lipinski definition) is 3. The monoisotopic (exact) mass is 458 g/mol. The highest BCUT2D eigenvalue weighted by molar-refractivity contribution is 5.79. The van der Waals surface area contributed by atoms with Crippen molar-refractivity contribution >= 4 is 12.1 Å². The van der Waals surface area contributed by atoms with E-state index < -0.39 is 18.1 Å². The van der Waals surface area contributed by atoms with Crippen LogP contribution in [0.2, 0.25) is 0 Å². The van der Waals surface area contributed by atoms with Crippen LogP contribution in [0.3, 0.4) is 0 Å². The first-order valence-electron chi connectivity index (χ1n) is 9.60. The number of aliphatic carboxylic acids is 1. The topological polar surface area (TPSA) is 80.2 Å². The Morgan fingerprint density at radius 1 is 0.839 bits per heavy atom. The van der Waals surface area contributed by atoms with Crippen molar-refractivity contribution in [3.8, 4) is 11.1 Å². The summed E-state index contributed by atoms with van der Waals surface area (Å²) in [6.45, 7) is 0.182. The van der Waals surface area contributed by atoms with Crippen LogP contribution in [-0.2, 0) is 16.0 Å². The molecule has 3 aromatic carbocycles. The Kier molecular flexibility index (Phi) is 8.63. The van der Waals surface area contributed by atoms with Gasteiger partial charge in [-0.25, -0.2) is 10.1 Å². The minimum atomic E-state index is -1.04. The highest BCUT2D eigenvalue weighted by Crippen LogP contribution is 2.44. The summed E-state index contributed by atoms with van der Waals surface area (Å²) in [6, 6.07) is 24.5. The molecule has 4 rings (SSSR count). The summed E-state index contributed by atoms with van der Waals surface area (Å²) >= 11 is 0. The zero-order valence-electron chi connectivity index (χ0n) is 16.6. The van der Waals surface area contributed by atoms with Crippen LogP contribution in [0.15, 0.2) is 78.9 Å². The van der Waals surface area contributed by atoms with E-state index in [4.69, 9.17) is 4.74 Å². The number of fused-ring (bicyclic) bond motifs is 3. The second-order valence-electron chi connectivity index (χ2n) is 7.16. The van der Waals surface area contributed by atoms with Crippen LogP contribution < -0.4 is 30.1 Å². The first-order chi connectivity index (χ1) is 14.1. The van der Waals surface area contributed by atoms with Gasteiger partial charge in [0.15, 0.2) is 6.04 Å². The van der Waals surface area contributed by atoms with Crippen LogP contribution in [0.25, 0.3) is 11.1 Å². The molecule has 162 valence electrons. The summed E-state index contributed by atoms with van der Waals surface area (Å²) in [5.74, 6) is -1.08. The fourth-order valence-corrected chi connectivity index (χ4v) is 3.90. The molecule has 1 atom stereocenters. The lowest BCUT2D eigenvalue weighted by molar-refractivity contribution is -0.596. The van der Waals surface area contributed by atoms with E-state index in [9.17, 15) is 14.7 Å². The van der Waals surface area contributed by atoms with Crippen LogP contribution in [0.1, 0.15) is 22.6 Å². The van der Waals surface area contributed by atoms with Gasteiger partial charge in [-0.2, -0.15) is 4.79 Å². The Hall–Kier alpha value is -2.86. The SMILES string of the molecule is O=C([NH2+][C@@H](Cc1ccccc1)C(=O)O)OCC1c2ccccc2-c2ccccc21.[Cl-].[Cl-]. The third kappa shape index (κ3) is 5.44. The van der Waals surface area contributed by atoms with Crippen LogP contribution in [0.4, 0.5) is 4.79 Å². The standard InChI is InChI=1S/C24H21NO4.2ClH/c26-23(27)22(14-16-8-2-1-3-9-16)25-24(28)29-15-21-19-12-6-4-10-17(19)18-11-5-7-13-20(18)21;;/h1-13,21-22H,14-15H2,(H,25,28)(H,26,27);2*1H/p-1/t22-;;/m0../s1. The molecule has 0 aliphatic heterocycles. The molecule has 0 aromatic heterocycles.